The van der Waals surface area contributed by atoms with Crippen LogP contribution in [0.25, 0.3) is 5.82 Å². The van der Waals surface area contributed by atoms with E-state index in [9.17, 15) is 4.79 Å². The van der Waals surface area contributed by atoms with Gasteiger partial charge in [0.1, 0.15) is 0 Å². The molecule has 0 radical (unpaired) electrons. The van der Waals surface area contributed by atoms with Crippen LogP contribution in [0, 0.1) is 6.92 Å². The maximum atomic E-state index is 11.0. The summed E-state index contributed by atoms with van der Waals surface area (Å²) in [6.07, 6.45) is 6.38. The number of carbonyl (C=O) groups excluding carboxylic acids is 1. The first-order valence-electron chi connectivity index (χ1n) is 5.73. The van der Waals surface area contributed by atoms with Crippen LogP contribution in [0.15, 0.2) is 12.4 Å². The summed E-state index contributed by atoms with van der Waals surface area (Å²) in [7, 11) is 0. The van der Waals surface area contributed by atoms with Crippen molar-refractivity contribution in [3.05, 3.63) is 34.5 Å². The molecule has 2 heterocycles. The van der Waals surface area contributed by atoms with E-state index in [1.807, 2.05) is 6.92 Å². The minimum Gasteiger partial charge on any atom is -0.298 e. The Labute approximate surface area is 109 Å². The molecule has 0 unspecified atom stereocenters. The monoisotopic (exact) mass is 262 g/mol. The maximum Gasteiger partial charge on any atom is 0.224 e. The molecule has 1 aliphatic rings. The zero-order chi connectivity index (χ0) is 12.7. The molecule has 0 saturated heterocycles. The van der Waals surface area contributed by atoms with Crippen molar-refractivity contribution in [2.75, 3.05) is 0 Å². The third-order valence-electron chi connectivity index (χ3n) is 3.00. The predicted molar refractivity (Wildman–Crippen MR) is 66.3 cm³/mol. The van der Waals surface area contributed by atoms with Gasteiger partial charge in [0.05, 0.1) is 11.3 Å². The zero-order valence-electron chi connectivity index (χ0n) is 9.80. The molecule has 5 nitrogen and oxygen atoms in total. The van der Waals surface area contributed by atoms with Crippen LogP contribution >= 0.6 is 11.6 Å². The van der Waals surface area contributed by atoms with Gasteiger partial charge in [-0.25, -0.2) is 9.67 Å². The molecule has 0 bridgehead atoms. The molecule has 2 aromatic heterocycles. The quantitative estimate of drug-likeness (QED) is 0.629. The molecule has 6 heteroatoms. The number of nitrogens with zero attached hydrogens (tertiary/aromatic N) is 4. The molecule has 0 atom stereocenters. The molecular formula is C12H11ClN4O. The Hall–Kier alpha value is -1.75. The minimum absolute atomic E-state index is 0.173. The van der Waals surface area contributed by atoms with E-state index < -0.39 is 0 Å². The second-order valence-corrected chi connectivity index (χ2v) is 4.79. The predicted octanol–water partition coefficient (Wildman–Crippen LogP) is 2.31. The van der Waals surface area contributed by atoms with Crippen molar-refractivity contribution in [1.82, 2.24) is 19.7 Å². The lowest BCUT2D eigenvalue weighted by molar-refractivity contribution is 0.112. The molecule has 1 saturated carbocycles. The van der Waals surface area contributed by atoms with Gasteiger partial charge in [-0.3, -0.25) is 4.79 Å². The van der Waals surface area contributed by atoms with Crippen molar-refractivity contribution in [3.8, 4) is 5.82 Å². The topological polar surface area (TPSA) is 60.7 Å². The number of aldehydes is 1. The number of hydrogen-bond acceptors (Lipinski definition) is 4. The molecule has 0 spiro atoms. The van der Waals surface area contributed by atoms with E-state index in [0.29, 0.717) is 17.3 Å². The summed E-state index contributed by atoms with van der Waals surface area (Å²) in [5.74, 6) is 1.04. The fourth-order valence-electron chi connectivity index (χ4n) is 1.92. The molecular weight excluding hydrogens is 252 g/mol. The van der Waals surface area contributed by atoms with E-state index in [1.54, 1.807) is 17.1 Å². The summed E-state index contributed by atoms with van der Waals surface area (Å²) in [5.41, 5.74) is 2.35. The van der Waals surface area contributed by atoms with Gasteiger partial charge in [-0.05, 0) is 31.4 Å². The van der Waals surface area contributed by atoms with Crippen molar-refractivity contribution in [1.29, 1.82) is 0 Å². The van der Waals surface area contributed by atoms with Crippen LogP contribution in [0.5, 0.6) is 0 Å². The SMILES string of the molecule is Cc1cnc(Cl)nc1-n1cc(C=O)c(C2CC2)n1. The lowest BCUT2D eigenvalue weighted by atomic mass is 10.2. The smallest absolute Gasteiger partial charge is 0.224 e. The summed E-state index contributed by atoms with van der Waals surface area (Å²) in [6.45, 7) is 1.88. The standard InChI is InChI=1S/C12H11ClN4O/c1-7-4-14-12(13)15-11(7)17-5-9(6-18)10(16-17)8-2-3-8/h4-6,8H,2-3H2,1H3. The fraction of sp³-hybridized carbons (Fsp3) is 0.333. The average Bonchev–Trinajstić information content (AvgIpc) is 3.12. The van der Waals surface area contributed by atoms with Crippen LogP contribution in [0.2, 0.25) is 5.28 Å². The minimum atomic E-state index is 0.173. The van der Waals surface area contributed by atoms with Crippen LogP contribution in [-0.2, 0) is 0 Å². The molecule has 18 heavy (non-hydrogen) atoms. The Morgan fingerprint density at radius 2 is 2.28 bits per heavy atom. The number of halogens is 1. The number of aryl methyl sites for hydroxylation is 1. The maximum absolute atomic E-state index is 11.0. The number of rotatable bonds is 3. The molecule has 92 valence electrons. The second kappa shape index (κ2) is 4.17. The van der Waals surface area contributed by atoms with E-state index in [-0.39, 0.29) is 5.28 Å². The van der Waals surface area contributed by atoms with Gasteiger partial charge in [0.25, 0.3) is 0 Å². The molecule has 1 fully saturated rings. The summed E-state index contributed by atoms with van der Waals surface area (Å²) in [6, 6.07) is 0. The summed E-state index contributed by atoms with van der Waals surface area (Å²) in [4.78, 5) is 19.1. The lowest BCUT2D eigenvalue weighted by Crippen LogP contribution is -2.03. The van der Waals surface area contributed by atoms with Crippen molar-refractivity contribution in [3.63, 3.8) is 0 Å². The second-order valence-electron chi connectivity index (χ2n) is 4.45. The molecule has 3 rings (SSSR count). The Balaban J connectivity index is 2.11. The highest BCUT2D eigenvalue weighted by Gasteiger charge is 2.29. The summed E-state index contributed by atoms with van der Waals surface area (Å²) >= 11 is 5.79. The third kappa shape index (κ3) is 1.90. The van der Waals surface area contributed by atoms with Crippen molar-refractivity contribution < 1.29 is 4.79 Å². The van der Waals surface area contributed by atoms with Gasteiger partial charge < -0.3 is 0 Å². The van der Waals surface area contributed by atoms with E-state index in [2.05, 4.69) is 15.1 Å². The van der Waals surface area contributed by atoms with Crippen molar-refractivity contribution >= 4 is 17.9 Å². The van der Waals surface area contributed by atoms with Crippen LogP contribution in [0.1, 0.15) is 40.4 Å². The van der Waals surface area contributed by atoms with Crippen LogP contribution in [0.4, 0.5) is 0 Å². The zero-order valence-corrected chi connectivity index (χ0v) is 10.6. The Morgan fingerprint density at radius 1 is 1.50 bits per heavy atom. The Kier molecular flexibility index (Phi) is 2.63. The van der Waals surface area contributed by atoms with Gasteiger partial charge in [-0.2, -0.15) is 10.1 Å². The first-order chi connectivity index (χ1) is 8.69. The highest BCUT2D eigenvalue weighted by Crippen LogP contribution is 2.40. The lowest BCUT2D eigenvalue weighted by Gasteiger charge is -2.03. The van der Waals surface area contributed by atoms with Gasteiger partial charge >= 0.3 is 0 Å². The van der Waals surface area contributed by atoms with E-state index in [0.717, 1.165) is 30.4 Å². The van der Waals surface area contributed by atoms with Crippen molar-refractivity contribution in [2.24, 2.45) is 0 Å². The highest BCUT2D eigenvalue weighted by molar-refractivity contribution is 6.28. The van der Waals surface area contributed by atoms with Crippen molar-refractivity contribution in [2.45, 2.75) is 25.7 Å². The average molecular weight is 263 g/mol. The number of aromatic nitrogens is 4. The molecule has 2 aromatic rings. The first kappa shape index (κ1) is 11.3. The Bertz CT molecular complexity index is 619. The Morgan fingerprint density at radius 3 is 2.94 bits per heavy atom. The largest absolute Gasteiger partial charge is 0.298 e. The van der Waals surface area contributed by atoms with Gasteiger partial charge in [0, 0.05) is 23.9 Å². The van der Waals surface area contributed by atoms with Gasteiger partial charge in [-0.1, -0.05) is 0 Å². The van der Waals surface area contributed by atoms with E-state index in [4.69, 9.17) is 11.6 Å². The van der Waals surface area contributed by atoms with E-state index >= 15 is 0 Å². The number of hydrogen-bond donors (Lipinski definition) is 0. The normalized spacial score (nSPS) is 14.8. The molecule has 0 amide bonds. The van der Waals surface area contributed by atoms with Crippen LogP contribution in [-0.4, -0.2) is 26.0 Å². The summed E-state index contributed by atoms with van der Waals surface area (Å²) < 4.78 is 1.61. The molecule has 1 aliphatic carbocycles. The molecule has 0 N–H and O–H groups in total. The number of carbonyl (C=O) groups is 1. The van der Waals surface area contributed by atoms with Gasteiger partial charge in [0.15, 0.2) is 12.1 Å². The van der Waals surface area contributed by atoms with E-state index in [1.165, 1.54) is 0 Å². The molecule has 0 aromatic carbocycles. The molecule has 0 aliphatic heterocycles. The van der Waals surface area contributed by atoms with Gasteiger partial charge in [0.2, 0.25) is 5.28 Å². The van der Waals surface area contributed by atoms with Crippen LogP contribution in [0.3, 0.4) is 0 Å². The third-order valence-corrected chi connectivity index (χ3v) is 3.18. The summed E-state index contributed by atoms with van der Waals surface area (Å²) in [5, 5.41) is 4.62. The first-order valence-corrected chi connectivity index (χ1v) is 6.11. The van der Waals surface area contributed by atoms with Gasteiger partial charge in [-0.15, -0.1) is 0 Å². The fourth-order valence-corrected chi connectivity index (χ4v) is 2.05. The highest BCUT2D eigenvalue weighted by atomic mass is 35.5. The van der Waals surface area contributed by atoms with Crippen LogP contribution < -0.4 is 0 Å².